The lowest BCUT2D eigenvalue weighted by molar-refractivity contribution is -0.133. The minimum atomic E-state index is -2.89. The van der Waals surface area contributed by atoms with Crippen molar-refractivity contribution in [3.63, 3.8) is 0 Å². The van der Waals surface area contributed by atoms with Gasteiger partial charge in [-0.05, 0) is 36.2 Å². The SMILES string of the molecule is O=C(Nc1nc2ccccc2s1)C1CCC(=O)N1Cc1ccc(OC(F)F)cc1. The standard InChI is InChI=1S/C20H17F2N3O3S/c21-19(22)28-13-7-5-12(6-8-13)11-25-15(9-10-17(25)26)18(27)24-20-23-14-3-1-2-4-16(14)29-20/h1-8,15,19H,9-11H2,(H,23,24,27). The molecule has 1 N–H and O–H groups in total. The molecule has 2 aromatic carbocycles. The number of anilines is 1. The molecule has 150 valence electrons. The molecule has 0 saturated carbocycles. The Morgan fingerprint density at radius 3 is 2.72 bits per heavy atom. The fraction of sp³-hybridized carbons (Fsp3) is 0.250. The molecule has 9 heteroatoms. The second-order valence-corrected chi connectivity index (χ2v) is 7.61. The van der Waals surface area contributed by atoms with E-state index in [9.17, 15) is 18.4 Å². The molecule has 6 nitrogen and oxygen atoms in total. The van der Waals surface area contributed by atoms with Crippen molar-refractivity contribution in [2.75, 3.05) is 5.32 Å². The Labute approximate surface area is 169 Å². The number of para-hydroxylation sites is 1. The van der Waals surface area contributed by atoms with Crippen LogP contribution in [-0.4, -0.2) is 34.4 Å². The van der Waals surface area contributed by atoms with Crippen molar-refractivity contribution in [1.29, 1.82) is 0 Å². The quantitative estimate of drug-likeness (QED) is 0.658. The van der Waals surface area contributed by atoms with Crippen molar-refractivity contribution in [2.45, 2.75) is 32.0 Å². The van der Waals surface area contributed by atoms with E-state index in [4.69, 9.17) is 0 Å². The highest BCUT2D eigenvalue weighted by Crippen LogP contribution is 2.28. The van der Waals surface area contributed by atoms with Gasteiger partial charge in [0.15, 0.2) is 5.13 Å². The Hall–Kier alpha value is -3.07. The molecule has 2 heterocycles. The number of carbonyl (C=O) groups excluding carboxylic acids is 2. The lowest BCUT2D eigenvalue weighted by Crippen LogP contribution is -2.41. The molecule has 0 spiro atoms. The highest BCUT2D eigenvalue weighted by Gasteiger charge is 2.36. The van der Waals surface area contributed by atoms with Crippen LogP contribution in [0.1, 0.15) is 18.4 Å². The monoisotopic (exact) mass is 417 g/mol. The number of likely N-dealkylation sites (tertiary alicyclic amines) is 1. The molecular weight excluding hydrogens is 400 g/mol. The lowest BCUT2D eigenvalue weighted by atomic mass is 10.1. The number of rotatable bonds is 6. The summed E-state index contributed by atoms with van der Waals surface area (Å²) < 4.78 is 29.8. The summed E-state index contributed by atoms with van der Waals surface area (Å²) in [5.74, 6) is -0.364. The number of hydrogen-bond donors (Lipinski definition) is 1. The topological polar surface area (TPSA) is 71.5 Å². The fourth-order valence-electron chi connectivity index (χ4n) is 3.29. The van der Waals surface area contributed by atoms with E-state index in [-0.39, 0.29) is 30.5 Å². The maximum atomic E-state index is 12.8. The van der Waals surface area contributed by atoms with Crippen LogP contribution in [0.3, 0.4) is 0 Å². The third-order valence-electron chi connectivity index (χ3n) is 4.66. The Balaban J connectivity index is 1.45. The number of nitrogens with one attached hydrogen (secondary N) is 1. The zero-order valence-corrected chi connectivity index (χ0v) is 16.0. The zero-order valence-electron chi connectivity index (χ0n) is 15.2. The van der Waals surface area contributed by atoms with Gasteiger partial charge in [-0.1, -0.05) is 35.6 Å². The number of nitrogens with zero attached hydrogens (tertiary/aromatic N) is 2. The van der Waals surface area contributed by atoms with Crippen LogP contribution in [0.2, 0.25) is 0 Å². The van der Waals surface area contributed by atoms with Crippen LogP contribution in [0.15, 0.2) is 48.5 Å². The zero-order chi connectivity index (χ0) is 20.4. The van der Waals surface area contributed by atoms with E-state index in [1.807, 2.05) is 24.3 Å². The number of aromatic nitrogens is 1. The van der Waals surface area contributed by atoms with E-state index in [1.165, 1.54) is 28.4 Å². The van der Waals surface area contributed by atoms with Gasteiger partial charge in [0, 0.05) is 13.0 Å². The second kappa shape index (κ2) is 8.12. The minimum Gasteiger partial charge on any atom is -0.435 e. The van der Waals surface area contributed by atoms with Crippen LogP contribution in [0.25, 0.3) is 10.2 Å². The average molecular weight is 417 g/mol. The first-order chi connectivity index (χ1) is 14.0. The van der Waals surface area contributed by atoms with Gasteiger partial charge in [0.25, 0.3) is 0 Å². The Morgan fingerprint density at radius 1 is 1.24 bits per heavy atom. The number of alkyl halides is 2. The number of benzene rings is 2. The highest BCUT2D eigenvalue weighted by molar-refractivity contribution is 7.22. The molecule has 1 aliphatic heterocycles. The molecule has 1 fully saturated rings. The van der Waals surface area contributed by atoms with E-state index in [2.05, 4.69) is 15.0 Å². The molecular formula is C20H17F2N3O3S. The largest absolute Gasteiger partial charge is 0.435 e. The third-order valence-corrected chi connectivity index (χ3v) is 5.61. The molecule has 1 unspecified atom stereocenters. The Kier molecular flexibility index (Phi) is 5.39. The maximum Gasteiger partial charge on any atom is 0.387 e. The van der Waals surface area contributed by atoms with Gasteiger partial charge in [-0.15, -0.1) is 0 Å². The van der Waals surface area contributed by atoms with Crippen molar-refractivity contribution in [3.8, 4) is 5.75 Å². The fourth-order valence-corrected chi connectivity index (χ4v) is 4.16. The minimum absolute atomic E-state index is 0.0432. The molecule has 1 aromatic heterocycles. The van der Waals surface area contributed by atoms with E-state index >= 15 is 0 Å². The first kappa shape index (κ1) is 19.3. The number of hydrogen-bond acceptors (Lipinski definition) is 5. The predicted octanol–water partition coefficient (Wildman–Crippen LogP) is 4.03. The normalized spacial score (nSPS) is 16.6. The van der Waals surface area contributed by atoms with E-state index in [0.717, 1.165) is 15.8 Å². The van der Waals surface area contributed by atoms with Gasteiger partial charge in [0.2, 0.25) is 11.8 Å². The number of ether oxygens (including phenoxy) is 1. The van der Waals surface area contributed by atoms with Crippen LogP contribution in [0, 0.1) is 0 Å². The lowest BCUT2D eigenvalue weighted by Gasteiger charge is -2.23. The number of carbonyl (C=O) groups is 2. The summed E-state index contributed by atoms with van der Waals surface area (Å²) in [6.45, 7) is -2.68. The molecule has 1 atom stereocenters. The average Bonchev–Trinajstić information content (AvgIpc) is 3.26. The summed E-state index contributed by atoms with van der Waals surface area (Å²) in [6, 6.07) is 13.0. The van der Waals surface area contributed by atoms with Gasteiger partial charge in [-0.25, -0.2) is 4.98 Å². The molecule has 1 saturated heterocycles. The molecule has 1 aliphatic rings. The summed E-state index contributed by atoms with van der Waals surface area (Å²) >= 11 is 1.38. The molecule has 29 heavy (non-hydrogen) atoms. The van der Waals surface area contributed by atoms with E-state index < -0.39 is 12.7 Å². The smallest absolute Gasteiger partial charge is 0.387 e. The third kappa shape index (κ3) is 4.34. The van der Waals surface area contributed by atoms with Gasteiger partial charge in [0.1, 0.15) is 11.8 Å². The highest BCUT2D eigenvalue weighted by atomic mass is 32.1. The first-order valence-electron chi connectivity index (χ1n) is 8.99. The van der Waals surface area contributed by atoms with Crippen molar-refractivity contribution >= 4 is 38.5 Å². The number of fused-ring (bicyclic) bond motifs is 1. The van der Waals surface area contributed by atoms with Crippen molar-refractivity contribution in [1.82, 2.24) is 9.88 Å². The number of thiazole rings is 1. The van der Waals surface area contributed by atoms with Gasteiger partial charge < -0.3 is 15.0 Å². The van der Waals surface area contributed by atoms with Crippen molar-refractivity contribution < 1.29 is 23.1 Å². The molecule has 0 bridgehead atoms. The van der Waals surface area contributed by atoms with E-state index in [0.29, 0.717) is 11.6 Å². The van der Waals surface area contributed by atoms with Crippen LogP contribution in [0.5, 0.6) is 5.75 Å². The van der Waals surface area contributed by atoms with Gasteiger partial charge in [-0.2, -0.15) is 8.78 Å². The first-order valence-corrected chi connectivity index (χ1v) is 9.81. The van der Waals surface area contributed by atoms with Gasteiger partial charge in [-0.3, -0.25) is 9.59 Å². The predicted molar refractivity (Wildman–Crippen MR) is 105 cm³/mol. The Morgan fingerprint density at radius 2 is 2.00 bits per heavy atom. The summed E-state index contributed by atoms with van der Waals surface area (Å²) in [5.41, 5.74) is 1.53. The second-order valence-electron chi connectivity index (χ2n) is 6.57. The summed E-state index contributed by atoms with van der Waals surface area (Å²) in [5, 5.41) is 3.30. The number of amides is 2. The molecule has 0 radical (unpaired) electrons. The summed E-state index contributed by atoms with van der Waals surface area (Å²) in [6.07, 6.45) is 0.701. The Bertz CT molecular complexity index is 1010. The summed E-state index contributed by atoms with van der Waals surface area (Å²) in [4.78, 5) is 31.0. The van der Waals surface area contributed by atoms with Crippen LogP contribution in [0.4, 0.5) is 13.9 Å². The van der Waals surface area contributed by atoms with Crippen LogP contribution < -0.4 is 10.1 Å². The van der Waals surface area contributed by atoms with Gasteiger partial charge in [0.05, 0.1) is 10.2 Å². The van der Waals surface area contributed by atoms with Gasteiger partial charge >= 0.3 is 6.61 Å². The van der Waals surface area contributed by atoms with Crippen LogP contribution >= 0.6 is 11.3 Å². The number of halogens is 2. The van der Waals surface area contributed by atoms with Crippen LogP contribution in [-0.2, 0) is 16.1 Å². The molecule has 2 amide bonds. The molecule has 4 rings (SSSR count). The molecule has 3 aromatic rings. The molecule has 0 aliphatic carbocycles. The maximum absolute atomic E-state index is 12.8. The summed E-state index contributed by atoms with van der Waals surface area (Å²) in [7, 11) is 0. The van der Waals surface area contributed by atoms with E-state index in [1.54, 1.807) is 12.1 Å². The van der Waals surface area contributed by atoms with Crippen molar-refractivity contribution in [3.05, 3.63) is 54.1 Å². The van der Waals surface area contributed by atoms with Crippen molar-refractivity contribution in [2.24, 2.45) is 0 Å².